The topological polar surface area (TPSA) is 74.5 Å². The zero-order valence-corrected chi connectivity index (χ0v) is 9.75. The number of hydrogen-bond acceptors (Lipinski definition) is 4. The van der Waals surface area contributed by atoms with Crippen molar-refractivity contribution in [3.05, 3.63) is 23.7 Å². The quantitative estimate of drug-likeness (QED) is 0.828. The lowest BCUT2D eigenvalue weighted by Crippen LogP contribution is -2.09. The van der Waals surface area contributed by atoms with E-state index in [1.54, 1.807) is 4.68 Å². The highest BCUT2D eigenvalue weighted by Crippen LogP contribution is 2.19. The molecule has 0 aromatic carbocycles. The molecule has 2 aromatic rings. The van der Waals surface area contributed by atoms with Crippen molar-refractivity contribution in [2.75, 3.05) is 5.73 Å². The van der Waals surface area contributed by atoms with Crippen LogP contribution < -0.4 is 5.73 Å². The fourth-order valence-corrected chi connectivity index (χ4v) is 1.75. The summed E-state index contributed by atoms with van der Waals surface area (Å²) in [5, 5.41) is 12.2. The maximum absolute atomic E-state index is 5.78. The zero-order chi connectivity index (χ0) is 11.7. The van der Waals surface area contributed by atoms with Gasteiger partial charge in [0.1, 0.15) is 0 Å². The van der Waals surface area contributed by atoms with E-state index in [9.17, 15) is 0 Å². The third-order valence-electron chi connectivity index (χ3n) is 2.43. The monoisotopic (exact) mass is 220 g/mol. The molecule has 0 aliphatic heterocycles. The molecule has 0 aliphatic rings. The number of nitrogen functional groups attached to an aromatic ring is 1. The first-order valence-corrected chi connectivity index (χ1v) is 5.25. The molecule has 0 bridgehead atoms. The Morgan fingerprint density at radius 2 is 2.19 bits per heavy atom. The van der Waals surface area contributed by atoms with Crippen molar-refractivity contribution in [1.29, 1.82) is 0 Å². The minimum atomic E-state index is 0.304. The van der Waals surface area contributed by atoms with Crippen LogP contribution in [0.15, 0.2) is 12.3 Å². The largest absolute Gasteiger partial charge is 0.381 e. The van der Waals surface area contributed by atoms with Crippen LogP contribution in [-0.2, 0) is 13.6 Å². The third-order valence-corrected chi connectivity index (χ3v) is 2.43. The summed E-state index contributed by atoms with van der Waals surface area (Å²) < 4.78 is 3.58. The predicted molar refractivity (Wildman–Crippen MR) is 60.8 cm³/mol. The first-order chi connectivity index (χ1) is 7.58. The van der Waals surface area contributed by atoms with Crippen molar-refractivity contribution in [3.63, 3.8) is 0 Å². The molecule has 0 fully saturated rings. The Kier molecular flexibility index (Phi) is 2.64. The second kappa shape index (κ2) is 3.96. The van der Waals surface area contributed by atoms with E-state index in [2.05, 4.69) is 29.3 Å². The van der Waals surface area contributed by atoms with Gasteiger partial charge >= 0.3 is 0 Å². The first-order valence-electron chi connectivity index (χ1n) is 5.25. The standard InChI is InChI=1S/C10H16N6/c1-7(2)9-10(11)12-14-16(9)6-8-4-5-15(3)13-8/h4-5,7H,6,11H2,1-3H3. The lowest BCUT2D eigenvalue weighted by Gasteiger charge is -2.07. The van der Waals surface area contributed by atoms with Crippen molar-refractivity contribution in [3.8, 4) is 0 Å². The van der Waals surface area contributed by atoms with Gasteiger partial charge in [0.25, 0.3) is 0 Å². The SMILES string of the molecule is CC(C)c1c(N)nnn1Cc1ccn(C)n1. The molecule has 6 nitrogen and oxygen atoms in total. The van der Waals surface area contributed by atoms with Crippen molar-refractivity contribution in [2.45, 2.75) is 26.3 Å². The van der Waals surface area contributed by atoms with E-state index in [4.69, 9.17) is 5.73 Å². The lowest BCUT2D eigenvalue weighted by atomic mass is 10.1. The number of aryl methyl sites for hydroxylation is 1. The van der Waals surface area contributed by atoms with Crippen LogP contribution in [-0.4, -0.2) is 24.8 Å². The Hall–Kier alpha value is -1.85. The molecule has 2 rings (SSSR count). The van der Waals surface area contributed by atoms with Gasteiger partial charge in [0.15, 0.2) is 5.82 Å². The van der Waals surface area contributed by atoms with Gasteiger partial charge in [0.2, 0.25) is 0 Å². The molecule has 0 saturated carbocycles. The average molecular weight is 220 g/mol. The Morgan fingerprint density at radius 3 is 2.75 bits per heavy atom. The van der Waals surface area contributed by atoms with Gasteiger partial charge < -0.3 is 5.73 Å². The van der Waals surface area contributed by atoms with Crippen LogP contribution in [0.25, 0.3) is 0 Å². The Labute approximate surface area is 94.1 Å². The number of hydrogen-bond donors (Lipinski definition) is 1. The zero-order valence-electron chi connectivity index (χ0n) is 9.75. The van der Waals surface area contributed by atoms with E-state index in [-0.39, 0.29) is 0 Å². The number of nitrogens with zero attached hydrogens (tertiary/aromatic N) is 5. The van der Waals surface area contributed by atoms with Gasteiger partial charge in [-0.25, -0.2) is 4.68 Å². The molecule has 0 saturated heterocycles. The maximum Gasteiger partial charge on any atom is 0.169 e. The number of rotatable bonds is 3. The summed E-state index contributed by atoms with van der Waals surface area (Å²) >= 11 is 0. The molecule has 0 atom stereocenters. The number of anilines is 1. The molecule has 2 heterocycles. The van der Waals surface area contributed by atoms with Gasteiger partial charge in [-0.2, -0.15) is 5.10 Å². The molecule has 0 amide bonds. The minimum absolute atomic E-state index is 0.304. The van der Waals surface area contributed by atoms with E-state index < -0.39 is 0 Å². The fraction of sp³-hybridized carbons (Fsp3) is 0.500. The van der Waals surface area contributed by atoms with Gasteiger partial charge in [0, 0.05) is 13.2 Å². The summed E-state index contributed by atoms with van der Waals surface area (Å²) in [5.41, 5.74) is 7.70. The second-order valence-corrected chi connectivity index (χ2v) is 4.15. The molecule has 2 aromatic heterocycles. The van der Waals surface area contributed by atoms with Gasteiger partial charge in [-0.15, -0.1) is 5.10 Å². The molecule has 2 N–H and O–H groups in total. The highest BCUT2D eigenvalue weighted by Gasteiger charge is 2.14. The third kappa shape index (κ3) is 1.91. The van der Waals surface area contributed by atoms with Crippen LogP contribution in [0.4, 0.5) is 5.82 Å². The molecular formula is C10H16N6. The molecule has 86 valence electrons. The Bertz CT molecular complexity index is 481. The minimum Gasteiger partial charge on any atom is -0.381 e. The van der Waals surface area contributed by atoms with Crippen molar-refractivity contribution < 1.29 is 0 Å². The molecule has 0 radical (unpaired) electrons. The van der Waals surface area contributed by atoms with Crippen molar-refractivity contribution >= 4 is 5.82 Å². The highest BCUT2D eigenvalue weighted by atomic mass is 15.4. The van der Waals surface area contributed by atoms with Gasteiger partial charge in [-0.1, -0.05) is 19.1 Å². The van der Waals surface area contributed by atoms with E-state index in [0.717, 1.165) is 11.4 Å². The van der Waals surface area contributed by atoms with Crippen LogP contribution in [0.3, 0.4) is 0 Å². The van der Waals surface area contributed by atoms with Gasteiger partial charge in [0.05, 0.1) is 17.9 Å². The summed E-state index contributed by atoms with van der Waals surface area (Å²) in [7, 11) is 1.89. The van der Waals surface area contributed by atoms with Crippen molar-refractivity contribution in [1.82, 2.24) is 24.8 Å². The molecule has 6 heteroatoms. The smallest absolute Gasteiger partial charge is 0.169 e. The van der Waals surface area contributed by atoms with Crippen LogP contribution in [0.5, 0.6) is 0 Å². The lowest BCUT2D eigenvalue weighted by molar-refractivity contribution is 0.582. The highest BCUT2D eigenvalue weighted by molar-refractivity contribution is 5.35. The van der Waals surface area contributed by atoms with Crippen LogP contribution in [0.1, 0.15) is 31.2 Å². The Balaban J connectivity index is 2.28. The number of aromatic nitrogens is 5. The summed E-state index contributed by atoms with van der Waals surface area (Å²) in [6, 6.07) is 1.96. The first kappa shape index (κ1) is 10.7. The molecular weight excluding hydrogens is 204 g/mol. The Morgan fingerprint density at radius 1 is 1.44 bits per heavy atom. The van der Waals surface area contributed by atoms with E-state index in [0.29, 0.717) is 18.3 Å². The second-order valence-electron chi connectivity index (χ2n) is 4.15. The predicted octanol–water partition coefficient (Wildman–Crippen LogP) is 0.765. The van der Waals surface area contributed by atoms with E-state index >= 15 is 0 Å². The molecule has 16 heavy (non-hydrogen) atoms. The summed E-state index contributed by atoms with van der Waals surface area (Å²) in [6.45, 7) is 4.76. The van der Waals surface area contributed by atoms with Gasteiger partial charge in [-0.05, 0) is 12.0 Å². The summed E-state index contributed by atoms with van der Waals surface area (Å²) in [6.07, 6.45) is 1.91. The molecule has 0 aliphatic carbocycles. The number of nitrogens with two attached hydrogens (primary N) is 1. The van der Waals surface area contributed by atoms with Gasteiger partial charge in [-0.3, -0.25) is 4.68 Å². The van der Waals surface area contributed by atoms with Crippen LogP contribution >= 0.6 is 0 Å². The van der Waals surface area contributed by atoms with E-state index in [1.807, 2.05) is 24.0 Å². The average Bonchev–Trinajstić information content (AvgIpc) is 2.74. The summed E-state index contributed by atoms with van der Waals surface area (Å²) in [4.78, 5) is 0. The van der Waals surface area contributed by atoms with Crippen LogP contribution in [0, 0.1) is 0 Å². The van der Waals surface area contributed by atoms with Crippen LogP contribution in [0.2, 0.25) is 0 Å². The summed E-state index contributed by atoms with van der Waals surface area (Å²) in [5.74, 6) is 0.810. The van der Waals surface area contributed by atoms with Crippen molar-refractivity contribution in [2.24, 2.45) is 7.05 Å². The molecule has 0 spiro atoms. The molecule has 0 unspecified atom stereocenters. The maximum atomic E-state index is 5.78. The fourth-order valence-electron chi connectivity index (χ4n) is 1.75. The normalized spacial score (nSPS) is 11.2. The van der Waals surface area contributed by atoms with E-state index in [1.165, 1.54) is 0 Å².